The van der Waals surface area contributed by atoms with E-state index in [1.807, 2.05) is 63.9 Å². The van der Waals surface area contributed by atoms with Gasteiger partial charge in [0.1, 0.15) is 0 Å². The number of nitrogens with zero attached hydrogens (tertiary/aromatic N) is 3. The van der Waals surface area contributed by atoms with Crippen LogP contribution in [-0.4, -0.2) is 35.0 Å². The predicted molar refractivity (Wildman–Crippen MR) is 85.4 cm³/mol. The van der Waals surface area contributed by atoms with Crippen molar-refractivity contribution >= 4 is 22.8 Å². The van der Waals surface area contributed by atoms with Crippen molar-refractivity contribution in [1.82, 2.24) is 15.3 Å². The SMILES string of the molecule is Cc1nc2ccccc2nc1N(C)CC(=O)NC(C)(C)C. The maximum Gasteiger partial charge on any atom is 0.239 e. The van der Waals surface area contributed by atoms with Gasteiger partial charge in [0.2, 0.25) is 5.91 Å². The number of nitrogens with one attached hydrogen (secondary N) is 1. The van der Waals surface area contributed by atoms with Crippen molar-refractivity contribution < 1.29 is 4.79 Å². The molecule has 0 bridgehead atoms. The molecule has 5 heteroatoms. The van der Waals surface area contributed by atoms with Crippen LogP contribution in [0.1, 0.15) is 26.5 Å². The fourth-order valence-corrected chi connectivity index (χ4v) is 2.19. The second-order valence-electron chi connectivity index (χ2n) is 6.28. The number of aromatic nitrogens is 2. The molecule has 1 aromatic carbocycles. The number of para-hydroxylation sites is 2. The Balaban J connectivity index is 2.21. The van der Waals surface area contributed by atoms with Crippen LogP contribution in [0.5, 0.6) is 0 Å². The van der Waals surface area contributed by atoms with E-state index in [2.05, 4.69) is 15.3 Å². The first-order valence-corrected chi connectivity index (χ1v) is 7.02. The average Bonchev–Trinajstić information content (AvgIpc) is 2.35. The molecule has 0 aliphatic heterocycles. The number of rotatable bonds is 3. The highest BCUT2D eigenvalue weighted by Crippen LogP contribution is 2.18. The summed E-state index contributed by atoms with van der Waals surface area (Å²) >= 11 is 0. The first-order valence-electron chi connectivity index (χ1n) is 7.02. The van der Waals surface area contributed by atoms with E-state index in [0.29, 0.717) is 0 Å². The maximum atomic E-state index is 12.0. The van der Waals surface area contributed by atoms with Gasteiger partial charge in [-0.3, -0.25) is 4.79 Å². The summed E-state index contributed by atoms with van der Waals surface area (Å²) in [7, 11) is 1.86. The van der Waals surface area contributed by atoms with Gasteiger partial charge < -0.3 is 10.2 Å². The third-order valence-electron chi connectivity index (χ3n) is 2.98. The van der Waals surface area contributed by atoms with E-state index >= 15 is 0 Å². The van der Waals surface area contributed by atoms with Crippen LogP contribution in [0.4, 0.5) is 5.82 Å². The standard InChI is InChI=1S/C16H22N4O/c1-11-15(18-13-9-7-6-8-12(13)17-11)20(5)10-14(21)19-16(2,3)4/h6-9H,10H2,1-5H3,(H,19,21). The second kappa shape index (κ2) is 5.68. The molecule has 1 heterocycles. The minimum atomic E-state index is -0.234. The lowest BCUT2D eigenvalue weighted by Crippen LogP contribution is -2.45. The first kappa shape index (κ1) is 15.2. The number of hydrogen-bond donors (Lipinski definition) is 1. The Morgan fingerprint density at radius 1 is 1.19 bits per heavy atom. The van der Waals surface area contributed by atoms with Gasteiger partial charge in [-0.25, -0.2) is 9.97 Å². The van der Waals surface area contributed by atoms with E-state index in [0.717, 1.165) is 22.5 Å². The maximum absolute atomic E-state index is 12.0. The van der Waals surface area contributed by atoms with Gasteiger partial charge in [-0.2, -0.15) is 0 Å². The lowest BCUT2D eigenvalue weighted by Gasteiger charge is -2.24. The van der Waals surface area contributed by atoms with E-state index in [1.165, 1.54) is 0 Å². The summed E-state index contributed by atoms with van der Waals surface area (Å²) in [6, 6.07) is 7.73. The molecular formula is C16H22N4O. The molecule has 1 amide bonds. The van der Waals surface area contributed by atoms with Gasteiger partial charge in [-0.05, 0) is 39.8 Å². The fraction of sp³-hybridized carbons (Fsp3) is 0.438. The number of aryl methyl sites for hydroxylation is 1. The summed E-state index contributed by atoms with van der Waals surface area (Å²) in [5.74, 6) is 0.706. The zero-order valence-corrected chi connectivity index (χ0v) is 13.3. The summed E-state index contributed by atoms with van der Waals surface area (Å²) in [5, 5.41) is 2.95. The number of anilines is 1. The highest BCUT2D eigenvalue weighted by molar-refractivity contribution is 5.82. The van der Waals surface area contributed by atoms with Crippen LogP contribution in [0.3, 0.4) is 0 Å². The summed E-state index contributed by atoms with van der Waals surface area (Å²) in [6.45, 7) is 8.06. The minimum Gasteiger partial charge on any atom is -0.350 e. The molecule has 1 aromatic heterocycles. The molecular weight excluding hydrogens is 264 g/mol. The fourth-order valence-electron chi connectivity index (χ4n) is 2.19. The second-order valence-corrected chi connectivity index (χ2v) is 6.28. The summed E-state index contributed by atoms with van der Waals surface area (Å²) < 4.78 is 0. The van der Waals surface area contributed by atoms with Gasteiger partial charge in [0, 0.05) is 12.6 Å². The van der Waals surface area contributed by atoms with Crippen LogP contribution in [-0.2, 0) is 4.79 Å². The van der Waals surface area contributed by atoms with E-state index in [9.17, 15) is 4.79 Å². The number of amides is 1. The minimum absolute atomic E-state index is 0.0284. The van der Waals surface area contributed by atoms with Crippen molar-refractivity contribution in [3.63, 3.8) is 0 Å². The number of hydrogen-bond acceptors (Lipinski definition) is 4. The monoisotopic (exact) mass is 286 g/mol. The molecule has 2 aromatic rings. The molecule has 5 nitrogen and oxygen atoms in total. The van der Waals surface area contributed by atoms with E-state index in [4.69, 9.17) is 0 Å². The Kier molecular flexibility index (Phi) is 4.11. The van der Waals surface area contributed by atoms with Gasteiger partial charge in [-0.1, -0.05) is 12.1 Å². The average molecular weight is 286 g/mol. The largest absolute Gasteiger partial charge is 0.350 e. The Labute approximate surface area is 125 Å². The number of likely N-dealkylation sites (N-methyl/N-ethyl adjacent to an activating group) is 1. The van der Waals surface area contributed by atoms with Gasteiger partial charge in [0.05, 0.1) is 23.3 Å². The van der Waals surface area contributed by atoms with Crippen molar-refractivity contribution in [2.45, 2.75) is 33.2 Å². The van der Waals surface area contributed by atoms with Crippen molar-refractivity contribution in [3.8, 4) is 0 Å². The summed E-state index contributed by atoms with van der Waals surface area (Å²) in [5.41, 5.74) is 2.29. The molecule has 0 unspecified atom stereocenters. The summed E-state index contributed by atoms with van der Waals surface area (Å²) in [6.07, 6.45) is 0. The topological polar surface area (TPSA) is 58.1 Å². The lowest BCUT2D eigenvalue weighted by molar-refractivity contribution is -0.121. The third kappa shape index (κ3) is 3.90. The van der Waals surface area contributed by atoms with Crippen LogP contribution >= 0.6 is 0 Å². The lowest BCUT2D eigenvalue weighted by atomic mass is 10.1. The molecule has 0 atom stereocenters. The van der Waals surface area contributed by atoms with Gasteiger partial charge in [0.25, 0.3) is 0 Å². The Bertz CT molecular complexity index is 661. The van der Waals surface area contributed by atoms with Crippen LogP contribution < -0.4 is 10.2 Å². The molecule has 21 heavy (non-hydrogen) atoms. The molecule has 0 aliphatic rings. The van der Waals surface area contributed by atoms with Crippen LogP contribution in [0, 0.1) is 6.92 Å². The molecule has 0 saturated carbocycles. The molecule has 0 radical (unpaired) electrons. The highest BCUT2D eigenvalue weighted by Gasteiger charge is 2.17. The van der Waals surface area contributed by atoms with Crippen molar-refractivity contribution in [3.05, 3.63) is 30.0 Å². The van der Waals surface area contributed by atoms with Gasteiger partial charge in [-0.15, -0.1) is 0 Å². The first-order chi connectivity index (χ1) is 9.76. The predicted octanol–water partition coefficient (Wildman–Crippen LogP) is 2.29. The van der Waals surface area contributed by atoms with Crippen LogP contribution in [0.2, 0.25) is 0 Å². The van der Waals surface area contributed by atoms with E-state index in [-0.39, 0.29) is 18.0 Å². The summed E-state index contributed by atoms with van der Waals surface area (Å²) in [4.78, 5) is 23.0. The number of fused-ring (bicyclic) bond motifs is 1. The van der Waals surface area contributed by atoms with Crippen molar-refractivity contribution in [1.29, 1.82) is 0 Å². The molecule has 0 fully saturated rings. The third-order valence-corrected chi connectivity index (χ3v) is 2.98. The van der Waals surface area contributed by atoms with Crippen molar-refractivity contribution in [2.24, 2.45) is 0 Å². The molecule has 112 valence electrons. The smallest absolute Gasteiger partial charge is 0.239 e. The Morgan fingerprint density at radius 3 is 2.33 bits per heavy atom. The Hall–Kier alpha value is -2.17. The van der Waals surface area contributed by atoms with Crippen molar-refractivity contribution in [2.75, 3.05) is 18.5 Å². The number of carbonyl (C=O) groups excluding carboxylic acids is 1. The molecule has 2 rings (SSSR count). The molecule has 0 saturated heterocycles. The van der Waals surface area contributed by atoms with Gasteiger partial charge in [0.15, 0.2) is 5.82 Å². The van der Waals surface area contributed by atoms with Gasteiger partial charge >= 0.3 is 0 Å². The zero-order valence-electron chi connectivity index (χ0n) is 13.3. The Morgan fingerprint density at radius 2 is 1.76 bits per heavy atom. The quantitative estimate of drug-likeness (QED) is 0.940. The molecule has 1 N–H and O–H groups in total. The molecule has 0 aliphatic carbocycles. The van der Waals surface area contributed by atoms with Crippen LogP contribution in [0.15, 0.2) is 24.3 Å². The number of carbonyl (C=O) groups is 1. The molecule has 0 spiro atoms. The van der Waals surface area contributed by atoms with E-state index < -0.39 is 0 Å². The zero-order chi connectivity index (χ0) is 15.6. The van der Waals surface area contributed by atoms with E-state index in [1.54, 1.807) is 0 Å². The normalized spacial score (nSPS) is 11.5. The number of benzene rings is 1. The van der Waals surface area contributed by atoms with Crippen LogP contribution in [0.25, 0.3) is 11.0 Å². The highest BCUT2D eigenvalue weighted by atomic mass is 16.2.